The molecule has 0 radical (unpaired) electrons. The van der Waals surface area contributed by atoms with Crippen LogP contribution in [0.5, 0.6) is 0 Å². The fourth-order valence-corrected chi connectivity index (χ4v) is 4.23. The van der Waals surface area contributed by atoms with E-state index < -0.39 is 35.8 Å². The molecule has 0 bridgehead atoms. The monoisotopic (exact) mass is 508 g/mol. The maximum Gasteiger partial charge on any atom is 0.451 e. The van der Waals surface area contributed by atoms with Gasteiger partial charge >= 0.3 is 6.18 Å². The van der Waals surface area contributed by atoms with Gasteiger partial charge in [0.2, 0.25) is 11.7 Å². The van der Waals surface area contributed by atoms with Gasteiger partial charge in [-0.1, -0.05) is 30.3 Å². The van der Waals surface area contributed by atoms with Gasteiger partial charge in [-0.15, -0.1) is 10.2 Å². The number of carbonyl (C=O) groups is 1. The van der Waals surface area contributed by atoms with Crippen molar-refractivity contribution < 1.29 is 26.7 Å². The average Bonchev–Trinajstić information content (AvgIpc) is 3.27. The lowest BCUT2D eigenvalue weighted by atomic mass is 9.99. The Balaban J connectivity index is 1.52. The summed E-state index contributed by atoms with van der Waals surface area (Å²) in [4.78, 5) is 14.5. The Morgan fingerprint density at radius 2 is 1.83 bits per heavy atom. The largest absolute Gasteiger partial charge is 0.451 e. The molecule has 2 unspecified atom stereocenters. The smallest absolute Gasteiger partial charge is 0.333 e. The van der Waals surface area contributed by atoms with Gasteiger partial charge in [0.05, 0.1) is 12.7 Å². The summed E-state index contributed by atoms with van der Waals surface area (Å²) in [5.41, 5.74) is 7.24. The molecule has 7 nitrogen and oxygen atoms in total. The predicted molar refractivity (Wildman–Crippen MR) is 120 cm³/mol. The zero-order chi connectivity index (χ0) is 26.0. The number of carbonyl (C=O) groups excluding carboxylic acids is 1. The van der Waals surface area contributed by atoms with Gasteiger partial charge in [0.1, 0.15) is 11.6 Å². The van der Waals surface area contributed by atoms with Gasteiger partial charge < -0.3 is 15.2 Å². The number of aromatic nitrogens is 3. The van der Waals surface area contributed by atoms with Crippen LogP contribution in [0.1, 0.15) is 40.9 Å². The molecule has 0 saturated heterocycles. The van der Waals surface area contributed by atoms with Crippen LogP contribution < -0.4 is 11.1 Å². The maximum absolute atomic E-state index is 14.6. The van der Waals surface area contributed by atoms with Gasteiger partial charge in [-0.2, -0.15) is 13.2 Å². The highest BCUT2D eigenvalue weighted by Crippen LogP contribution is 2.29. The van der Waals surface area contributed by atoms with Crippen molar-refractivity contribution in [3.8, 4) is 0 Å². The predicted octanol–water partition coefficient (Wildman–Crippen LogP) is 3.47. The lowest BCUT2D eigenvalue weighted by Crippen LogP contribution is -2.45. The van der Waals surface area contributed by atoms with Gasteiger partial charge in [-0.3, -0.25) is 10.1 Å². The lowest BCUT2D eigenvalue weighted by Gasteiger charge is -2.30. The molecule has 4 rings (SSSR count). The maximum atomic E-state index is 14.6. The summed E-state index contributed by atoms with van der Waals surface area (Å²) >= 11 is 0. The molecule has 0 fully saturated rings. The molecule has 3 aromatic rings. The molecule has 0 aliphatic carbocycles. The third-order valence-electron chi connectivity index (χ3n) is 6.15. The zero-order valence-corrected chi connectivity index (χ0v) is 19.4. The summed E-state index contributed by atoms with van der Waals surface area (Å²) in [6.45, 7) is 1.22. The van der Waals surface area contributed by atoms with Crippen molar-refractivity contribution in [1.29, 1.82) is 0 Å². The molecule has 192 valence electrons. The van der Waals surface area contributed by atoms with E-state index in [9.17, 15) is 26.7 Å². The van der Waals surface area contributed by atoms with E-state index in [0.717, 1.165) is 22.3 Å². The number of nitrogens with zero attached hydrogens (tertiary/aromatic N) is 4. The Bertz CT molecular complexity index is 1230. The molecular weight excluding hydrogens is 483 g/mol. The minimum absolute atomic E-state index is 0.0257. The Kier molecular flexibility index (Phi) is 7.36. The number of nitrogens with two attached hydrogens (primary N) is 1. The highest BCUT2D eigenvalue weighted by Gasteiger charge is 2.40. The van der Waals surface area contributed by atoms with Crippen LogP contribution in [0.3, 0.4) is 0 Å². The molecule has 1 aliphatic rings. The highest BCUT2D eigenvalue weighted by molar-refractivity contribution is 5.77. The summed E-state index contributed by atoms with van der Waals surface area (Å²) in [5, 5.41) is 9.93. The number of benzene rings is 2. The third kappa shape index (κ3) is 5.71. The molecule has 0 spiro atoms. The highest BCUT2D eigenvalue weighted by atomic mass is 19.4. The zero-order valence-electron chi connectivity index (χ0n) is 19.4. The van der Waals surface area contributed by atoms with Crippen LogP contribution in [0.25, 0.3) is 0 Å². The van der Waals surface area contributed by atoms with Crippen molar-refractivity contribution in [2.45, 2.75) is 51.2 Å². The Labute approximate surface area is 204 Å². The van der Waals surface area contributed by atoms with Crippen LogP contribution in [0.2, 0.25) is 0 Å². The van der Waals surface area contributed by atoms with Gasteiger partial charge in [0.25, 0.3) is 0 Å². The van der Waals surface area contributed by atoms with Gasteiger partial charge in [0, 0.05) is 25.6 Å². The van der Waals surface area contributed by atoms with E-state index in [1.165, 1.54) is 11.8 Å². The molecule has 1 aromatic heterocycles. The normalized spacial score (nSPS) is 15.5. The van der Waals surface area contributed by atoms with E-state index in [4.69, 9.17) is 5.73 Å². The SMILES string of the molecule is Cc1cc(F)c(CC(CC(=O)N2CCn3c(nnc3C(F)(F)F)C2)NC(N)c2ccccc2)cc1F. The van der Waals surface area contributed by atoms with Crippen LogP contribution in [0.4, 0.5) is 22.0 Å². The lowest BCUT2D eigenvalue weighted by molar-refractivity contribution is -0.148. The molecule has 36 heavy (non-hydrogen) atoms. The van der Waals surface area contributed by atoms with E-state index >= 15 is 0 Å². The number of hydrogen-bond acceptors (Lipinski definition) is 5. The standard InChI is InChI=1S/C24H25F5N6O/c1-14-9-19(26)16(11-18(14)25)10-17(31-22(30)15-5-3-2-4-6-15)12-21(36)34-7-8-35-20(13-34)32-33-23(35)24(27,28)29/h2-6,9,11,17,22,31H,7-8,10,12-13,30H2,1H3. The van der Waals surface area contributed by atoms with E-state index in [-0.39, 0.29) is 55.3 Å². The number of rotatable bonds is 7. The Morgan fingerprint density at radius 3 is 2.53 bits per heavy atom. The number of halogens is 5. The quantitative estimate of drug-likeness (QED) is 0.377. The molecule has 0 saturated carbocycles. The molecule has 2 atom stereocenters. The third-order valence-corrected chi connectivity index (χ3v) is 6.15. The first-order valence-corrected chi connectivity index (χ1v) is 11.3. The number of nitrogens with one attached hydrogen (secondary N) is 1. The summed E-state index contributed by atoms with van der Waals surface area (Å²) < 4.78 is 69.0. The Hall–Kier alpha value is -3.38. The molecule has 1 aliphatic heterocycles. The number of amides is 1. The molecule has 1 amide bonds. The van der Waals surface area contributed by atoms with Gasteiger partial charge in [-0.25, -0.2) is 8.78 Å². The van der Waals surface area contributed by atoms with E-state index in [1.807, 2.05) is 6.07 Å². The fourth-order valence-electron chi connectivity index (χ4n) is 4.23. The summed E-state index contributed by atoms with van der Waals surface area (Å²) in [6.07, 6.45) is -5.51. The summed E-state index contributed by atoms with van der Waals surface area (Å²) in [5.74, 6) is -2.63. The Morgan fingerprint density at radius 1 is 1.11 bits per heavy atom. The van der Waals surface area contributed by atoms with Crippen molar-refractivity contribution in [2.24, 2.45) is 5.73 Å². The second-order valence-corrected chi connectivity index (χ2v) is 8.76. The average molecular weight is 508 g/mol. The number of hydrogen-bond donors (Lipinski definition) is 2. The second kappa shape index (κ2) is 10.3. The van der Waals surface area contributed by atoms with Crippen molar-refractivity contribution >= 4 is 5.91 Å². The molecule has 2 aromatic carbocycles. The first kappa shape index (κ1) is 25.7. The molecule has 2 heterocycles. The molecule has 12 heteroatoms. The van der Waals surface area contributed by atoms with E-state index in [2.05, 4.69) is 15.5 Å². The van der Waals surface area contributed by atoms with Crippen molar-refractivity contribution in [1.82, 2.24) is 25.0 Å². The first-order valence-electron chi connectivity index (χ1n) is 11.3. The topological polar surface area (TPSA) is 89.1 Å². The van der Waals surface area contributed by atoms with Crippen LogP contribution in [0.15, 0.2) is 42.5 Å². The second-order valence-electron chi connectivity index (χ2n) is 8.76. The van der Waals surface area contributed by atoms with Gasteiger partial charge in [-0.05, 0) is 42.2 Å². The van der Waals surface area contributed by atoms with Crippen LogP contribution in [0, 0.1) is 18.6 Å². The van der Waals surface area contributed by atoms with Crippen molar-refractivity contribution in [3.05, 3.63) is 82.4 Å². The number of fused-ring (bicyclic) bond motifs is 1. The summed E-state index contributed by atoms with van der Waals surface area (Å²) in [6, 6.07) is 10.5. The molecule has 3 N–H and O–H groups in total. The number of alkyl halides is 3. The van der Waals surface area contributed by atoms with E-state index in [0.29, 0.717) is 0 Å². The van der Waals surface area contributed by atoms with Gasteiger partial charge in [0.15, 0.2) is 5.82 Å². The minimum atomic E-state index is -4.65. The fraction of sp³-hybridized carbons (Fsp3) is 0.375. The summed E-state index contributed by atoms with van der Waals surface area (Å²) in [7, 11) is 0. The van der Waals surface area contributed by atoms with E-state index in [1.54, 1.807) is 24.3 Å². The molecular formula is C24H25F5N6O. The van der Waals surface area contributed by atoms with Crippen LogP contribution in [-0.2, 0) is 30.5 Å². The van der Waals surface area contributed by atoms with Crippen molar-refractivity contribution in [3.63, 3.8) is 0 Å². The van der Waals surface area contributed by atoms with Crippen LogP contribution >= 0.6 is 0 Å². The number of aryl methyl sites for hydroxylation is 1. The van der Waals surface area contributed by atoms with Crippen LogP contribution in [-0.4, -0.2) is 38.2 Å². The first-order chi connectivity index (χ1) is 17.0. The van der Waals surface area contributed by atoms with Crippen molar-refractivity contribution in [2.75, 3.05) is 6.54 Å². The minimum Gasteiger partial charge on any atom is -0.333 e.